The van der Waals surface area contributed by atoms with Crippen LogP contribution in [0, 0.1) is 5.82 Å². The minimum atomic E-state index is -0.169. The Morgan fingerprint density at radius 3 is 3.10 bits per heavy atom. The van der Waals surface area contributed by atoms with Gasteiger partial charge in [-0.05, 0) is 31.5 Å². The van der Waals surface area contributed by atoms with Gasteiger partial charge < -0.3 is 10.1 Å². The molecule has 0 amide bonds. The van der Waals surface area contributed by atoms with Crippen molar-refractivity contribution in [1.82, 2.24) is 10.2 Å². The Hall–Kier alpha value is -1.13. The molecule has 2 aliphatic rings. The van der Waals surface area contributed by atoms with Gasteiger partial charge in [0.15, 0.2) is 0 Å². The zero-order valence-corrected chi connectivity index (χ0v) is 12.9. The van der Waals surface area contributed by atoms with Gasteiger partial charge in [-0.1, -0.05) is 13.3 Å². The van der Waals surface area contributed by atoms with Gasteiger partial charge in [-0.15, -0.1) is 0 Å². The molecule has 0 radical (unpaired) electrons. The minimum absolute atomic E-state index is 0.159. The number of nitrogens with zero attached hydrogens (tertiary/aromatic N) is 1. The van der Waals surface area contributed by atoms with Gasteiger partial charge in [-0.25, -0.2) is 4.39 Å². The Labute approximate surface area is 126 Å². The number of hydrogen-bond acceptors (Lipinski definition) is 3. The lowest BCUT2D eigenvalue weighted by molar-refractivity contribution is 0.0789. The Morgan fingerprint density at radius 1 is 1.43 bits per heavy atom. The lowest BCUT2D eigenvalue weighted by Crippen LogP contribution is -2.57. The highest BCUT2D eigenvalue weighted by Crippen LogP contribution is 2.30. The standard InChI is InChI=1S/C17H25FN2O/c1-3-4-15-9-19-12(2)10-20(15)11-16-8-13-7-14(18)5-6-17(13)21-16/h5-7,12,15-16,19H,3-4,8-11H2,1-2H3. The number of halogens is 1. The molecule has 3 atom stereocenters. The first kappa shape index (κ1) is 14.8. The third kappa shape index (κ3) is 3.38. The second-order valence-electron chi connectivity index (χ2n) is 6.40. The van der Waals surface area contributed by atoms with Crippen LogP contribution < -0.4 is 10.1 Å². The lowest BCUT2D eigenvalue weighted by Gasteiger charge is -2.40. The Kier molecular flexibility index (Phi) is 4.45. The van der Waals surface area contributed by atoms with Gasteiger partial charge in [0.25, 0.3) is 0 Å². The minimum Gasteiger partial charge on any atom is -0.488 e. The zero-order chi connectivity index (χ0) is 14.8. The average molecular weight is 292 g/mol. The molecule has 2 heterocycles. The zero-order valence-electron chi connectivity index (χ0n) is 12.9. The predicted octanol–water partition coefficient (Wildman–Crippen LogP) is 2.59. The highest BCUT2D eigenvalue weighted by Gasteiger charge is 2.31. The van der Waals surface area contributed by atoms with Crippen LogP contribution in [0.2, 0.25) is 0 Å². The molecule has 1 fully saturated rings. The fraction of sp³-hybridized carbons (Fsp3) is 0.647. The van der Waals surface area contributed by atoms with E-state index in [1.807, 2.05) is 0 Å². The molecule has 3 unspecified atom stereocenters. The monoisotopic (exact) mass is 292 g/mol. The topological polar surface area (TPSA) is 24.5 Å². The molecule has 21 heavy (non-hydrogen) atoms. The van der Waals surface area contributed by atoms with Gasteiger partial charge in [-0.2, -0.15) is 0 Å². The Morgan fingerprint density at radius 2 is 2.29 bits per heavy atom. The fourth-order valence-corrected chi connectivity index (χ4v) is 3.53. The van der Waals surface area contributed by atoms with E-state index in [4.69, 9.17) is 4.74 Å². The first-order valence-electron chi connectivity index (χ1n) is 8.08. The van der Waals surface area contributed by atoms with Crippen LogP contribution in [-0.4, -0.2) is 42.7 Å². The van der Waals surface area contributed by atoms with E-state index >= 15 is 0 Å². The largest absolute Gasteiger partial charge is 0.488 e. The molecule has 3 rings (SSSR count). The molecule has 1 N–H and O–H groups in total. The van der Waals surface area contributed by atoms with E-state index in [2.05, 4.69) is 24.1 Å². The number of nitrogens with one attached hydrogen (secondary N) is 1. The molecule has 116 valence electrons. The van der Waals surface area contributed by atoms with Crippen molar-refractivity contribution in [2.45, 2.75) is 51.3 Å². The van der Waals surface area contributed by atoms with E-state index in [0.717, 1.165) is 37.4 Å². The third-order valence-corrected chi connectivity index (χ3v) is 4.55. The quantitative estimate of drug-likeness (QED) is 0.923. The molecule has 4 heteroatoms. The number of fused-ring (bicyclic) bond motifs is 1. The highest BCUT2D eigenvalue weighted by molar-refractivity contribution is 5.37. The van der Waals surface area contributed by atoms with Crippen molar-refractivity contribution in [3.05, 3.63) is 29.6 Å². The van der Waals surface area contributed by atoms with E-state index in [0.29, 0.717) is 12.1 Å². The van der Waals surface area contributed by atoms with Crippen molar-refractivity contribution >= 4 is 0 Å². The number of piperazine rings is 1. The normalized spacial score (nSPS) is 29.2. The summed E-state index contributed by atoms with van der Waals surface area (Å²) in [5.74, 6) is 0.689. The maximum atomic E-state index is 13.3. The van der Waals surface area contributed by atoms with Gasteiger partial charge in [-0.3, -0.25) is 4.90 Å². The first-order valence-corrected chi connectivity index (χ1v) is 8.08. The number of benzene rings is 1. The highest BCUT2D eigenvalue weighted by atomic mass is 19.1. The van der Waals surface area contributed by atoms with Crippen molar-refractivity contribution < 1.29 is 9.13 Å². The van der Waals surface area contributed by atoms with Crippen LogP contribution >= 0.6 is 0 Å². The summed E-state index contributed by atoms with van der Waals surface area (Å²) >= 11 is 0. The number of ether oxygens (including phenoxy) is 1. The van der Waals surface area contributed by atoms with E-state index in [1.54, 1.807) is 12.1 Å². The molecule has 1 aromatic rings. The maximum absolute atomic E-state index is 13.3. The number of hydrogen-bond donors (Lipinski definition) is 1. The summed E-state index contributed by atoms with van der Waals surface area (Å²) in [6, 6.07) is 5.97. The second kappa shape index (κ2) is 6.32. The molecule has 1 saturated heterocycles. The molecule has 0 spiro atoms. The molecule has 0 aliphatic carbocycles. The summed E-state index contributed by atoms with van der Waals surface area (Å²) in [6.07, 6.45) is 3.40. The molecule has 0 aromatic heterocycles. The summed E-state index contributed by atoms with van der Waals surface area (Å²) in [7, 11) is 0. The van der Waals surface area contributed by atoms with Gasteiger partial charge >= 0.3 is 0 Å². The van der Waals surface area contributed by atoms with Crippen LogP contribution in [0.3, 0.4) is 0 Å². The van der Waals surface area contributed by atoms with Crippen LogP contribution in [0.5, 0.6) is 5.75 Å². The molecule has 1 aromatic carbocycles. The van der Waals surface area contributed by atoms with Crippen LogP contribution in [-0.2, 0) is 6.42 Å². The van der Waals surface area contributed by atoms with Gasteiger partial charge in [0.2, 0.25) is 0 Å². The predicted molar refractivity (Wildman–Crippen MR) is 82.3 cm³/mol. The molecular weight excluding hydrogens is 267 g/mol. The van der Waals surface area contributed by atoms with Crippen molar-refractivity contribution in [3.63, 3.8) is 0 Å². The summed E-state index contributed by atoms with van der Waals surface area (Å²) in [6.45, 7) is 7.53. The van der Waals surface area contributed by atoms with E-state index in [1.165, 1.54) is 18.9 Å². The van der Waals surface area contributed by atoms with E-state index < -0.39 is 0 Å². The molecule has 0 bridgehead atoms. The van der Waals surface area contributed by atoms with Crippen LogP contribution in [0.1, 0.15) is 32.3 Å². The Balaban J connectivity index is 1.63. The lowest BCUT2D eigenvalue weighted by atomic mass is 10.0. The second-order valence-corrected chi connectivity index (χ2v) is 6.40. The average Bonchev–Trinajstić information content (AvgIpc) is 2.83. The first-order chi connectivity index (χ1) is 10.2. The fourth-order valence-electron chi connectivity index (χ4n) is 3.53. The molecule has 0 saturated carbocycles. The molecular formula is C17H25FN2O. The summed E-state index contributed by atoms with van der Waals surface area (Å²) in [5, 5.41) is 3.56. The van der Waals surface area contributed by atoms with Gasteiger partial charge in [0.05, 0.1) is 0 Å². The van der Waals surface area contributed by atoms with Gasteiger partial charge in [0, 0.05) is 43.7 Å². The van der Waals surface area contributed by atoms with Crippen molar-refractivity contribution in [3.8, 4) is 5.75 Å². The third-order valence-electron chi connectivity index (χ3n) is 4.55. The Bertz CT molecular complexity index is 494. The SMILES string of the molecule is CCCC1CNC(C)CN1CC1Cc2cc(F)ccc2O1. The van der Waals surface area contributed by atoms with Gasteiger partial charge in [0.1, 0.15) is 17.7 Å². The molecule has 2 aliphatic heterocycles. The van der Waals surface area contributed by atoms with Crippen LogP contribution in [0.15, 0.2) is 18.2 Å². The van der Waals surface area contributed by atoms with Crippen molar-refractivity contribution in [1.29, 1.82) is 0 Å². The van der Waals surface area contributed by atoms with Crippen LogP contribution in [0.25, 0.3) is 0 Å². The van der Waals surface area contributed by atoms with Crippen LogP contribution in [0.4, 0.5) is 4.39 Å². The van der Waals surface area contributed by atoms with Crippen molar-refractivity contribution in [2.24, 2.45) is 0 Å². The smallest absolute Gasteiger partial charge is 0.123 e. The summed E-state index contributed by atoms with van der Waals surface area (Å²) in [5.41, 5.74) is 1.01. The maximum Gasteiger partial charge on any atom is 0.123 e. The molecule has 3 nitrogen and oxygen atoms in total. The summed E-state index contributed by atoms with van der Waals surface area (Å²) in [4.78, 5) is 2.55. The number of rotatable bonds is 4. The van der Waals surface area contributed by atoms with E-state index in [-0.39, 0.29) is 11.9 Å². The van der Waals surface area contributed by atoms with E-state index in [9.17, 15) is 4.39 Å². The van der Waals surface area contributed by atoms with Crippen molar-refractivity contribution in [2.75, 3.05) is 19.6 Å². The summed E-state index contributed by atoms with van der Waals surface area (Å²) < 4.78 is 19.3.